The van der Waals surface area contributed by atoms with Crippen LogP contribution in [0.1, 0.15) is 33.6 Å². The number of likely N-dealkylation sites (tertiary alicyclic amines) is 1. The second-order valence-corrected chi connectivity index (χ2v) is 10.9. The number of aromatic nitrogens is 3. The van der Waals surface area contributed by atoms with Crippen LogP contribution < -0.4 is 9.64 Å². The second kappa shape index (κ2) is 11.4. The Bertz CT molecular complexity index is 1220. The molecule has 2 fully saturated rings. The third kappa shape index (κ3) is 6.17. The van der Waals surface area contributed by atoms with Gasteiger partial charge in [0.05, 0.1) is 30.0 Å². The maximum atomic E-state index is 15.1. The van der Waals surface area contributed by atoms with Gasteiger partial charge >= 0.3 is 12.1 Å². The molecule has 0 aromatic carbocycles. The summed E-state index contributed by atoms with van der Waals surface area (Å²) in [6.45, 7) is 7.40. The van der Waals surface area contributed by atoms with Crippen molar-refractivity contribution in [3.63, 3.8) is 0 Å². The van der Waals surface area contributed by atoms with Gasteiger partial charge in [-0.2, -0.15) is 15.2 Å². The van der Waals surface area contributed by atoms with Crippen molar-refractivity contribution in [2.45, 2.75) is 57.4 Å². The number of ether oxygens (including phenoxy) is 3. The van der Waals surface area contributed by atoms with E-state index in [1.54, 1.807) is 32.8 Å². The van der Waals surface area contributed by atoms with Gasteiger partial charge in [-0.25, -0.2) is 14.2 Å². The van der Waals surface area contributed by atoms with E-state index in [2.05, 4.69) is 25.9 Å². The lowest BCUT2D eigenvalue weighted by molar-refractivity contribution is 0.0145. The molecule has 2 aromatic heterocycles. The maximum absolute atomic E-state index is 15.1. The van der Waals surface area contributed by atoms with Crippen molar-refractivity contribution in [1.29, 1.82) is 5.26 Å². The molecule has 3 atom stereocenters. The lowest BCUT2D eigenvalue weighted by Gasteiger charge is -2.41. The van der Waals surface area contributed by atoms with Crippen LogP contribution in [0.15, 0.2) is 6.20 Å². The molecule has 0 bridgehead atoms. The van der Waals surface area contributed by atoms with E-state index in [0.717, 1.165) is 13.0 Å². The van der Waals surface area contributed by atoms with Crippen LogP contribution in [0.5, 0.6) is 6.01 Å². The Kier molecular flexibility index (Phi) is 8.40. The van der Waals surface area contributed by atoms with Crippen LogP contribution >= 0.6 is 11.6 Å². The van der Waals surface area contributed by atoms with E-state index >= 15 is 4.39 Å². The zero-order valence-corrected chi connectivity index (χ0v) is 23.0. The van der Waals surface area contributed by atoms with Gasteiger partial charge in [-0.15, -0.1) is 0 Å². The number of fused-ring (bicyclic) bond motifs is 1. The van der Waals surface area contributed by atoms with E-state index in [1.807, 2.05) is 11.9 Å². The van der Waals surface area contributed by atoms with E-state index in [1.165, 1.54) is 6.20 Å². The molecule has 4 heterocycles. The van der Waals surface area contributed by atoms with Crippen LogP contribution in [0.25, 0.3) is 10.9 Å². The Morgan fingerprint density at radius 2 is 2.03 bits per heavy atom. The zero-order chi connectivity index (χ0) is 27.6. The zero-order valence-electron chi connectivity index (χ0n) is 22.3. The van der Waals surface area contributed by atoms with Crippen LogP contribution in [0, 0.1) is 17.1 Å². The van der Waals surface area contributed by atoms with Crippen LogP contribution in [-0.4, -0.2) is 102 Å². The first-order chi connectivity index (χ1) is 18.0. The van der Waals surface area contributed by atoms with Gasteiger partial charge in [0.15, 0.2) is 11.0 Å². The molecule has 4 rings (SSSR count). The second-order valence-electron chi connectivity index (χ2n) is 10.6. The molecular formula is C25H33ClFN7O4. The number of halogens is 2. The van der Waals surface area contributed by atoms with Crippen LogP contribution in [0.4, 0.5) is 15.0 Å². The molecule has 38 heavy (non-hydrogen) atoms. The summed E-state index contributed by atoms with van der Waals surface area (Å²) in [5, 5.41) is 9.50. The summed E-state index contributed by atoms with van der Waals surface area (Å²) in [5.41, 5.74) is -0.675. The number of amides is 1. The number of methoxy groups -OCH3 is 1. The quantitative estimate of drug-likeness (QED) is 0.497. The number of pyridine rings is 1. The molecule has 0 spiro atoms. The maximum Gasteiger partial charge on any atom is 0.410 e. The monoisotopic (exact) mass is 549 g/mol. The molecule has 206 valence electrons. The summed E-state index contributed by atoms with van der Waals surface area (Å²) in [4.78, 5) is 31.3. The SMILES string of the molecule is CO[C@@H]1C[C@@H](COc2nc(N3CCN(C(=O)OC(C)(C)C)[C@@H](CC#N)C3)c3cnc(Cl)c(F)c3n2)N(C)C1. The summed E-state index contributed by atoms with van der Waals surface area (Å²) in [6.07, 6.45) is 1.94. The first-order valence-corrected chi connectivity index (χ1v) is 12.9. The fourth-order valence-corrected chi connectivity index (χ4v) is 4.90. The van der Waals surface area contributed by atoms with Crippen molar-refractivity contribution in [3.05, 3.63) is 17.2 Å². The van der Waals surface area contributed by atoms with Gasteiger partial charge in [-0.3, -0.25) is 4.90 Å². The minimum absolute atomic E-state index is 0.00838. The number of nitriles is 1. The molecular weight excluding hydrogens is 517 g/mol. The number of anilines is 1. The first-order valence-electron chi connectivity index (χ1n) is 12.5. The van der Waals surface area contributed by atoms with Crippen molar-refractivity contribution in [3.8, 4) is 12.1 Å². The average molecular weight is 550 g/mol. The van der Waals surface area contributed by atoms with Crippen molar-refractivity contribution in [1.82, 2.24) is 24.8 Å². The molecule has 0 aliphatic carbocycles. The summed E-state index contributed by atoms with van der Waals surface area (Å²) in [5.74, 6) is -0.370. The molecule has 2 saturated heterocycles. The molecule has 13 heteroatoms. The van der Waals surface area contributed by atoms with Crippen LogP contribution in [0.2, 0.25) is 5.15 Å². The molecule has 2 aliphatic rings. The molecule has 2 aliphatic heterocycles. The fraction of sp³-hybridized carbons (Fsp3) is 0.640. The van der Waals surface area contributed by atoms with E-state index < -0.39 is 23.6 Å². The minimum atomic E-state index is -0.768. The molecule has 11 nitrogen and oxygen atoms in total. The predicted octanol–water partition coefficient (Wildman–Crippen LogP) is 3.25. The summed E-state index contributed by atoms with van der Waals surface area (Å²) in [6, 6.07) is 1.79. The standard InChI is InChI=1S/C25H33ClFN7O4/c1-25(2,3)38-24(35)34-9-8-33(12-15(34)6-7-28)22-18-11-29-21(26)19(27)20(18)30-23(31-22)37-14-16-10-17(36-5)13-32(16)4/h11,15-17H,6,8-10,12-14H2,1-5H3/t15-,16-,17+/m0/s1. The fourth-order valence-electron chi connectivity index (χ4n) is 4.76. The van der Waals surface area contributed by atoms with Gasteiger partial charge < -0.3 is 24.0 Å². The Hall–Kier alpha value is -3.01. The topological polar surface area (TPSA) is 117 Å². The highest BCUT2D eigenvalue weighted by Gasteiger charge is 2.35. The molecule has 0 unspecified atom stereocenters. The Morgan fingerprint density at radius 1 is 1.26 bits per heavy atom. The third-order valence-corrected chi connectivity index (χ3v) is 6.99. The van der Waals surface area contributed by atoms with Gasteiger partial charge in [0.2, 0.25) is 0 Å². The van der Waals surface area contributed by atoms with Gasteiger partial charge in [0.25, 0.3) is 0 Å². The molecule has 0 N–H and O–H groups in total. The number of likely N-dealkylation sites (N-methyl/N-ethyl adjacent to an activating group) is 1. The molecule has 0 radical (unpaired) electrons. The summed E-state index contributed by atoms with van der Waals surface area (Å²) < 4.78 is 32.0. The van der Waals surface area contributed by atoms with Crippen molar-refractivity contribution in [2.24, 2.45) is 0 Å². The smallest absolute Gasteiger partial charge is 0.410 e. The van der Waals surface area contributed by atoms with E-state index in [9.17, 15) is 10.1 Å². The lowest BCUT2D eigenvalue weighted by atomic mass is 10.1. The van der Waals surface area contributed by atoms with Crippen LogP contribution in [-0.2, 0) is 9.47 Å². The number of hydrogen-bond donors (Lipinski definition) is 0. The number of rotatable bonds is 6. The van der Waals surface area contributed by atoms with Gasteiger partial charge in [-0.05, 0) is 34.2 Å². The Balaban J connectivity index is 1.62. The number of carbonyl (C=O) groups excluding carboxylic acids is 1. The number of piperazine rings is 1. The summed E-state index contributed by atoms with van der Waals surface area (Å²) >= 11 is 5.97. The highest BCUT2D eigenvalue weighted by Crippen LogP contribution is 2.32. The van der Waals surface area contributed by atoms with E-state index in [-0.39, 0.29) is 48.3 Å². The highest BCUT2D eigenvalue weighted by atomic mass is 35.5. The molecule has 2 aromatic rings. The van der Waals surface area contributed by atoms with Gasteiger partial charge in [-0.1, -0.05) is 11.6 Å². The predicted molar refractivity (Wildman–Crippen MR) is 139 cm³/mol. The van der Waals surface area contributed by atoms with Crippen molar-refractivity contribution >= 4 is 34.4 Å². The molecule has 0 saturated carbocycles. The highest BCUT2D eigenvalue weighted by molar-refractivity contribution is 6.30. The van der Waals surface area contributed by atoms with E-state index in [4.69, 9.17) is 25.8 Å². The summed E-state index contributed by atoms with van der Waals surface area (Å²) in [7, 11) is 3.67. The lowest BCUT2D eigenvalue weighted by Crippen LogP contribution is -2.56. The Labute approximate surface area is 226 Å². The average Bonchev–Trinajstić information content (AvgIpc) is 3.23. The number of nitrogens with zero attached hydrogens (tertiary/aromatic N) is 7. The Morgan fingerprint density at radius 3 is 2.68 bits per heavy atom. The minimum Gasteiger partial charge on any atom is -0.462 e. The third-order valence-electron chi connectivity index (χ3n) is 6.73. The van der Waals surface area contributed by atoms with Crippen molar-refractivity contribution in [2.75, 3.05) is 51.8 Å². The van der Waals surface area contributed by atoms with Crippen LogP contribution in [0.3, 0.4) is 0 Å². The first kappa shape index (κ1) is 28.0. The van der Waals surface area contributed by atoms with Gasteiger partial charge in [0.1, 0.15) is 23.5 Å². The number of carbonyl (C=O) groups is 1. The molecule has 1 amide bonds. The largest absolute Gasteiger partial charge is 0.462 e. The number of hydrogen-bond acceptors (Lipinski definition) is 10. The van der Waals surface area contributed by atoms with E-state index in [0.29, 0.717) is 24.4 Å². The van der Waals surface area contributed by atoms with Gasteiger partial charge in [0, 0.05) is 45.5 Å². The van der Waals surface area contributed by atoms with Crippen molar-refractivity contribution < 1.29 is 23.4 Å². The normalized spacial score (nSPS) is 22.5.